The predicted molar refractivity (Wildman–Crippen MR) is 66.7 cm³/mol. The smallest absolute Gasteiger partial charge is 0.293 e. The number of aromatic nitrogens is 1. The molecule has 0 aliphatic rings. The van der Waals surface area contributed by atoms with Gasteiger partial charge in [-0.2, -0.15) is 0 Å². The number of oxazole rings is 1. The Kier molecular flexibility index (Phi) is 3.62. The van der Waals surface area contributed by atoms with E-state index in [-0.39, 0.29) is 17.8 Å². The van der Waals surface area contributed by atoms with Gasteiger partial charge in [0, 0.05) is 5.69 Å². The van der Waals surface area contributed by atoms with Gasteiger partial charge in [-0.05, 0) is 38.1 Å². The molecule has 0 saturated heterocycles. The molecule has 94 valence electrons. The van der Waals surface area contributed by atoms with Gasteiger partial charge in [0.2, 0.25) is 5.76 Å². The third-order valence-electron chi connectivity index (χ3n) is 2.14. The topological polar surface area (TPSA) is 64.4 Å². The second kappa shape index (κ2) is 5.35. The van der Waals surface area contributed by atoms with Crippen molar-refractivity contribution in [2.75, 3.05) is 5.32 Å². The van der Waals surface area contributed by atoms with Crippen LogP contribution in [0.15, 0.2) is 41.3 Å². The largest absolute Gasteiger partial charge is 0.491 e. The van der Waals surface area contributed by atoms with Crippen LogP contribution in [-0.2, 0) is 0 Å². The van der Waals surface area contributed by atoms with Gasteiger partial charge >= 0.3 is 0 Å². The molecule has 1 aromatic heterocycles. The number of benzene rings is 1. The van der Waals surface area contributed by atoms with Crippen molar-refractivity contribution in [2.45, 2.75) is 20.0 Å². The molecule has 0 unspecified atom stereocenters. The molecule has 5 nitrogen and oxygen atoms in total. The molecule has 0 atom stereocenters. The first-order valence-corrected chi connectivity index (χ1v) is 5.61. The van der Waals surface area contributed by atoms with E-state index in [0.29, 0.717) is 5.69 Å². The van der Waals surface area contributed by atoms with Crippen LogP contribution in [0, 0.1) is 0 Å². The van der Waals surface area contributed by atoms with Gasteiger partial charge in [-0.15, -0.1) is 0 Å². The van der Waals surface area contributed by atoms with Crippen molar-refractivity contribution in [1.82, 2.24) is 4.98 Å². The van der Waals surface area contributed by atoms with Crippen molar-refractivity contribution in [2.24, 2.45) is 0 Å². The number of nitrogens with zero attached hydrogens (tertiary/aromatic N) is 1. The number of carbonyl (C=O) groups excluding carboxylic acids is 1. The van der Waals surface area contributed by atoms with Crippen LogP contribution in [0.5, 0.6) is 5.75 Å². The Morgan fingerprint density at radius 3 is 2.61 bits per heavy atom. The maximum absolute atomic E-state index is 11.7. The highest BCUT2D eigenvalue weighted by molar-refractivity contribution is 6.01. The fourth-order valence-corrected chi connectivity index (χ4v) is 1.41. The highest BCUT2D eigenvalue weighted by atomic mass is 16.5. The summed E-state index contributed by atoms with van der Waals surface area (Å²) in [6.07, 6.45) is 2.71. The molecule has 1 aromatic carbocycles. The summed E-state index contributed by atoms with van der Waals surface area (Å²) >= 11 is 0. The number of amides is 1. The van der Waals surface area contributed by atoms with Crippen molar-refractivity contribution in [1.29, 1.82) is 0 Å². The number of anilines is 1. The molecule has 2 rings (SSSR count). The summed E-state index contributed by atoms with van der Waals surface area (Å²) in [6.45, 7) is 3.92. The minimum atomic E-state index is -0.329. The molecule has 1 N–H and O–H groups in total. The fraction of sp³-hybridized carbons (Fsp3) is 0.231. The van der Waals surface area contributed by atoms with Crippen molar-refractivity contribution in [3.05, 3.63) is 42.6 Å². The van der Waals surface area contributed by atoms with E-state index in [9.17, 15) is 4.79 Å². The van der Waals surface area contributed by atoms with Crippen LogP contribution < -0.4 is 10.1 Å². The Bertz CT molecular complexity index is 504. The van der Waals surface area contributed by atoms with Crippen LogP contribution in [0.1, 0.15) is 24.4 Å². The molecule has 0 radical (unpaired) electrons. The molecule has 0 bridgehead atoms. The van der Waals surface area contributed by atoms with E-state index < -0.39 is 0 Å². The third kappa shape index (κ3) is 3.10. The molecule has 5 heteroatoms. The van der Waals surface area contributed by atoms with E-state index in [1.165, 1.54) is 12.6 Å². The van der Waals surface area contributed by atoms with Crippen LogP contribution in [0.25, 0.3) is 0 Å². The van der Waals surface area contributed by atoms with Crippen LogP contribution in [-0.4, -0.2) is 17.0 Å². The number of ether oxygens (including phenoxy) is 1. The minimum absolute atomic E-state index is 0.125. The maximum Gasteiger partial charge on any atom is 0.293 e. The number of hydrogen-bond acceptors (Lipinski definition) is 4. The lowest BCUT2D eigenvalue weighted by molar-refractivity contribution is 0.0996. The highest BCUT2D eigenvalue weighted by Crippen LogP contribution is 2.17. The normalized spacial score (nSPS) is 10.4. The Morgan fingerprint density at radius 1 is 1.33 bits per heavy atom. The van der Waals surface area contributed by atoms with Gasteiger partial charge < -0.3 is 14.5 Å². The van der Waals surface area contributed by atoms with Gasteiger partial charge in [0.05, 0.1) is 12.3 Å². The molecule has 1 amide bonds. The number of carbonyl (C=O) groups is 1. The molecule has 0 saturated carbocycles. The van der Waals surface area contributed by atoms with Gasteiger partial charge in [-0.25, -0.2) is 4.98 Å². The lowest BCUT2D eigenvalue weighted by Crippen LogP contribution is -2.11. The maximum atomic E-state index is 11.7. The van der Waals surface area contributed by atoms with Gasteiger partial charge in [0.15, 0.2) is 6.39 Å². The summed E-state index contributed by atoms with van der Waals surface area (Å²) in [6, 6.07) is 7.14. The minimum Gasteiger partial charge on any atom is -0.491 e. The Hall–Kier alpha value is -2.30. The SMILES string of the molecule is CC(C)Oc1ccc(NC(=O)c2cnco2)cc1. The van der Waals surface area contributed by atoms with Gasteiger partial charge in [-0.3, -0.25) is 4.79 Å². The average Bonchev–Trinajstić information content (AvgIpc) is 2.84. The van der Waals surface area contributed by atoms with Crippen molar-refractivity contribution in [3.63, 3.8) is 0 Å². The van der Waals surface area contributed by atoms with Crippen LogP contribution in [0.2, 0.25) is 0 Å². The monoisotopic (exact) mass is 246 g/mol. The van der Waals surface area contributed by atoms with Crippen molar-refractivity contribution in [3.8, 4) is 5.75 Å². The first-order chi connectivity index (χ1) is 8.65. The molecule has 0 spiro atoms. The van der Waals surface area contributed by atoms with E-state index in [4.69, 9.17) is 9.15 Å². The van der Waals surface area contributed by atoms with Crippen LogP contribution in [0.3, 0.4) is 0 Å². The summed E-state index contributed by atoms with van der Waals surface area (Å²) in [7, 11) is 0. The zero-order valence-corrected chi connectivity index (χ0v) is 10.2. The van der Waals surface area contributed by atoms with Crippen molar-refractivity contribution < 1.29 is 13.9 Å². The quantitative estimate of drug-likeness (QED) is 0.900. The van der Waals surface area contributed by atoms with E-state index in [1.54, 1.807) is 24.3 Å². The second-order valence-electron chi connectivity index (χ2n) is 4.01. The highest BCUT2D eigenvalue weighted by Gasteiger charge is 2.09. The second-order valence-corrected chi connectivity index (χ2v) is 4.01. The Morgan fingerprint density at radius 2 is 2.06 bits per heavy atom. The van der Waals surface area contributed by atoms with Gasteiger partial charge in [0.1, 0.15) is 5.75 Å². The van der Waals surface area contributed by atoms with Crippen LogP contribution >= 0.6 is 0 Å². The Balaban J connectivity index is 2.00. The summed E-state index contributed by atoms with van der Waals surface area (Å²) in [4.78, 5) is 15.3. The van der Waals surface area contributed by atoms with Crippen molar-refractivity contribution >= 4 is 11.6 Å². The number of hydrogen-bond donors (Lipinski definition) is 1. The lowest BCUT2D eigenvalue weighted by Gasteiger charge is -2.10. The first kappa shape index (κ1) is 12.2. The van der Waals surface area contributed by atoms with E-state index in [2.05, 4.69) is 10.3 Å². The molecular formula is C13H14N2O3. The van der Waals surface area contributed by atoms with Crippen LogP contribution in [0.4, 0.5) is 5.69 Å². The zero-order chi connectivity index (χ0) is 13.0. The summed E-state index contributed by atoms with van der Waals surface area (Å²) in [5.74, 6) is 0.616. The lowest BCUT2D eigenvalue weighted by atomic mass is 10.3. The summed E-state index contributed by atoms with van der Waals surface area (Å²) in [5.41, 5.74) is 0.674. The average molecular weight is 246 g/mol. The van der Waals surface area contributed by atoms with Gasteiger partial charge in [-0.1, -0.05) is 0 Å². The fourth-order valence-electron chi connectivity index (χ4n) is 1.41. The number of nitrogens with one attached hydrogen (secondary N) is 1. The molecule has 0 aliphatic heterocycles. The zero-order valence-electron chi connectivity index (χ0n) is 10.2. The van der Waals surface area contributed by atoms with E-state index in [0.717, 1.165) is 5.75 Å². The standard InChI is InChI=1S/C13H14N2O3/c1-9(2)18-11-5-3-10(4-6-11)15-13(16)12-7-14-8-17-12/h3-9H,1-2H3,(H,15,16). The summed E-state index contributed by atoms with van der Waals surface area (Å²) < 4.78 is 10.4. The number of rotatable bonds is 4. The molecular weight excluding hydrogens is 232 g/mol. The van der Waals surface area contributed by atoms with E-state index in [1.807, 2.05) is 13.8 Å². The Labute approximate surface area is 105 Å². The molecule has 0 fully saturated rings. The van der Waals surface area contributed by atoms with E-state index >= 15 is 0 Å². The molecule has 1 heterocycles. The molecule has 0 aliphatic carbocycles. The molecule has 2 aromatic rings. The van der Waals surface area contributed by atoms with Gasteiger partial charge in [0.25, 0.3) is 5.91 Å². The third-order valence-corrected chi connectivity index (χ3v) is 2.14. The molecule has 18 heavy (non-hydrogen) atoms. The first-order valence-electron chi connectivity index (χ1n) is 5.61. The predicted octanol–water partition coefficient (Wildman–Crippen LogP) is 2.71. The summed E-state index contributed by atoms with van der Waals surface area (Å²) in [5, 5.41) is 2.70.